The van der Waals surface area contributed by atoms with Crippen molar-refractivity contribution in [2.75, 3.05) is 7.11 Å². The van der Waals surface area contributed by atoms with Crippen LogP contribution in [-0.4, -0.2) is 38.7 Å². The summed E-state index contributed by atoms with van der Waals surface area (Å²) in [6, 6.07) is 11.3. The molecule has 0 aliphatic carbocycles. The van der Waals surface area contributed by atoms with Gasteiger partial charge in [0.05, 0.1) is 23.4 Å². The van der Waals surface area contributed by atoms with E-state index in [1.54, 1.807) is 36.4 Å². The van der Waals surface area contributed by atoms with Crippen molar-refractivity contribution in [3.05, 3.63) is 56.9 Å². The number of hydrogen-bond donors (Lipinski definition) is 3. The van der Waals surface area contributed by atoms with E-state index in [4.69, 9.17) is 17.0 Å². The number of aromatic nitrogens is 1. The van der Waals surface area contributed by atoms with Crippen molar-refractivity contribution in [2.24, 2.45) is 4.99 Å². The number of aromatic hydroxyl groups is 2. The van der Waals surface area contributed by atoms with Gasteiger partial charge in [-0.05, 0) is 54.7 Å². The summed E-state index contributed by atoms with van der Waals surface area (Å²) in [5, 5.41) is 29.8. The van der Waals surface area contributed by atoms with Gasteiger partial charge in [-0.25, -0.2) is 9.79 Å². The summed E-state index contributed by atoms with van der Waals surface area (Å²) in [5.74, 6) is -0.634. The maximum absolute atomic E-state index is 11.7. The molecule has 0 saturated carbocycles. The van der Waals surface area contributed by atoms with Gasteiger partial charge in [0.2, 0.25) is 5.88 Å². The highest BCUT2D eigenvalue weighted by atomic mass is 32.1. The van der Waals surface area contributed by atoms with Crippen LogP contribution in [-0.2, 0) is 4.79 Å². The molecule has 0 saturated heterocycles. The first kappa shape index (κ1) is 18.9. The van der Waals surface area contributed by atoms with E-state index in [-0.39, 0.29) is 17.3 Å². The minimum absolute atomic E-state index is 0.0950. The van der Waals surface area contributed by atoms with Crippen LogP contribution >= 0.6 is 23.6 Å². The Morgan fingerprint density at radius 2 is 1.93 bits per heavy atom. The summed E-state index contributed by atoms with van der Waals surface area (Å²) >= 11 is 6.51. The molecule has 1 aliphatic heterocycles. The number of methoxy groups -OCH3 is 1. The summed E-state index contributed by atoms with van der Waals surface area (Å²) < 4.78 is 7.00. The van der Waals surface area contributed by atoms with Gasteiger partial charge in [-0.2, -0.15) is 0 Å². The molecule has 146 valence electrons. The van der Waals surface area contributed by atoms with Crippen LogP contribution in [0.5, 0.6) is 17.4 Å². The molecule has 2 aromatic carbocycles. The maximum atomic E-state index is 11.7. The van der Waals surface area contributed by atoms with Crippen LogP contribution in [0, 0.1) is 3.95 Å². The third-order valence-electron chi connectivity index (χ3n) is 4.38. The van der Waals surface area contributed by atoms with Gasteiger partial charge in [-0.1, -0.05) is 0 Å². The molecule has 3 aromatic rings. The summed E-state index contributed by atoms with van der Waals surface area (Å²) in [4.78, 5) is 16.3. The van der Waals surface area contributed by atoms with Crippen molar-refractivity contribution in [2.45, 2.75) is 0 Å². The first-order valence-electron chi connectivity index (χ1n) is 8.35. The van der Waals surface area contributed by atoms with Gasteiger partial charge in [0.1, 0.15) is 11.5 Å². The molecule has 0 amide bonds. The topological polar surface area (TPSA) is 104 Å². The third kappa shape index (κ3) is 3.30. The molecule has 0 atom stereocenters. The second-order valence-electron chi connectivity index (χ2n) is 6.11. The van der Waals surface area contributed by atoms with Crippen molar-refractivity contribution in [3.8, 4) is 23.1 Å². The zero-order chi connectivity index (χ0) is 20.7. The fourth-order valence-electron chi connectivity index (χ4n) is 3.01. The fourth-order valence-corrected chi connectivity index (χ4v) is 4.30. The van der Waals surface area contributed by atoms with Crippen molar-refractivity contribution >= 4 is 52.6 Å². The molecule has 1 aliphatic rings. The molecular weight excluding hydrogens is 412 g/mol. The molecular formula is C20H14N2O5S2. The zero-order valence-electron chi connectivity index (χ0n) is 15.0. The number of phenols is 1. The highest BCUT2D eigenvalue weighted by molar-refractivity contribution is 7.73. The highest BCUT2D eigenvalue weighted by Crippen LogP contribution is 2.41. The number of aliphatic imine (C=N–C) groups is 1. The second-order valence-corrected chi connectivity index (χ2v) is 7.79. The van der Waals surface area contributed by atoms with Crippen molar-refractivity contribution < 1.29 is 24.9 Å². The quantitative estimate of drug-likeness (QED) is 0.534. The van der Waals surface area contributed by atoms with Crippen molar-refractivity contribution in [1.29, 1.82) is 0 Å². The van der Waals surface area contributed by atoms with Crippen LogP contribution in [0.3, 0.4) is 0 Å². The average molecular weight is 426 g/mol. The number of thiazole rings is 1. The monoisotopic (exact) mass is 426 g/mol. The molecule has 9 heteroatoms. The minimum Gasteiger partial charge on any atom is -0.508 e. The Morgan fingerprint density at radius 1 is 1.21 bits per heavy atom. The lowest BCUT2D eigenvalue weighted by atomic mass is 10.0. The van der Waals surface area contributed by atoms with E-state index in [0.29, 0.717) is 37.1 Å². The van der Waals surface area contributed by atoms with E-state index in [2.05, 4.69) is 4.99 Å². The zero-order valence-corrected chi connectivity index (χ0v) is 16.6. The Morgan fingerprint density at radius 3 is 2.59 bits per heavy atom. The van der Waals surface area contributed by atoms with E-state index in [1.807, 2.05) is 0 Å². The standard InChI is InChI=1S/C20H14N2O5S2/c1-27-12-6-7-13-14(17(19(25)26)21-15(13)8-12)9-16-18(24)22(20(28)29-16)10-2-4-11(23)5-3-10/h2-9,23-24H,1H3,(H,25,26). The lowest BCUT2D eigenvalue weighted by Crippen LogP contribution is -2.11. The fraction of sp³-hybridized carbons (Fsp3) is 0.0500. The summed E-state index contributed by atoms with van der Waals surface area (Å²) in [7, 11) is 1.52. The van der Waals surface area contributed by atoms with Crippen LogP contribution in [0.2, 0.25) is 0 Å². The average Bonchev–Trinajstić information content (AvgIpc) is 3.20. The van der Waals surface area contributed by atoms with Crippen LogP contribution in [0.15, 0.2) is 47.5 Å². The SMILES string of the molecule is COc1ccc2c(c1)N=C(C(=O)O)C2=Cc1sc(=S)n(-c2ccc(O)cc2)c1O. The number of ether oxygens (including phenoxy) is 1. The van der Waals surface area contributed by atoms with Gasteiger partial charge < -0.3 is 20.1 Å². The Balaban J connectivity index is 1.85. The normalized spacial score (nSPS) is 14.0. The van der Waals surface area contributed by atoms with Gasteiger partial charge in [-0.15, -0.1) is 11.3 Å². The van der Waals surface area contributed by atoms with Gasteiger partial charge >= 0.3 is 5.97 Å². The van der Waals surface area contributed by atoms with Crippen LogP contribution in [0.25, 0.3) is 17.3 Å². The molecule has 0 radical (unpaired) electrons. The highest BCUT2D eigenvalue weighted by Gasteiger charge is 2.27. The number of hydrogen-bond acceptors (Lipinski definition) is 7. The largest absolute Gasteiger partial charge is 0.508 e. The Labute approximate surface area is 174 Å². The van der Waals surface area contributed by atoms with Crippen molar-refractivity contribution in [1.82, 2.24) is 4.57 Å². The van der Waals surface area contributed by atoms with E-state index >= 15 is 0 Å². The Kier molecular flexibility index (Phi) is 4.69. The van der Waals surface area contributed by atoms with Crippen LogP contribution < -0.4 is 4.74 Å². The van der Waals surface area contributed by atoms with Gasteiger partial charge in [0.25, 0.3) is 0 Å². The molecule has 0 bridgehead atoms. The van der Waals surface area contributed by atoms with E-state index in [1.165, 1.54) is 23.8 Å². The predicted octanol–water partition coefficient (Wildman–Crippen LogP) is 4.40. The molecule has 0 spiro atoms. The van der Waals surface area contributed by atoms with Gasteiger partial charge in [-0.3, -0.25) is 4.57 Å². The minimum atomic E-state index is -1.17. The number of fused-ring (bicyclic) bond motifs is 1. The van der Waals surface area contributed by atoms with Crippen LogP contribution in [0.4, 0.5) is 5.69 Å². The molecule has 1 aromatic heterocycles. The number of phenolic OH excluding ortho intramolecular Hbond substituents is 1. The van der Waals surface area contributed by atoms with Crippen molar-refractivity contribution in [3.63, 3.8) is 0 Å². The molecule has 4 rings (SSSR count). The number of rotatable bonds is 4. The molecule has 7 nitrogen and oxygen atoms in total. The summed E-state index contributed by atoms with van der Waals surface area (Å²) in [6.07, 6.45) is 1.57. The van der Waals surface area contributed by atoms with Crippen LogP contribution in [0.1, 0.15) is 10.4 Å². The molecule has 29 heavy (non-hydrogen) atoms. The number of benzene rings is 2. The first-order chi connectivity index (χ1) is 13.9. The van der Waals surface area contributed by atoms with Gasteiger partial charge in [0.15, 0.2) is 9.67 Å². The van der Waals surface area contributed by atoms with Gasteiger partial charge in [0, 0.05) is 17.2 Å². The first-order valence-corrected chi connectivity index (χ1v) is 9.58. The smallest absolute Gasteiger partial charge is 0.355 e. The Hall–Kier alpha value is -3.43. The Bertz CT molecular complexity index is 1250. The predicted molar refractivity (Wildman–Crippen MR) is 113 cm³/mol. The number of nitrogens with zero attached hydrogens (tertiary/aromatic N) is 2. The van der Waals surface area contributed by atoms with E-state index in [9.17, 15) is 20.1 Å². The van der Waals surface area contributed by atoms with E-state index in [0.717, 1.165) is 11.3 Å². The number of aliphatic carboxylic acids is 1. The second kappa shape index (κ2) is 7.19. The molecule has 0 fully saturated rings. The number of carboxylic acid groups (broad SMARTS) is 1. The maximum Gasteiger partial charge on any atom is 0.355 e. The number of carboxylic acids is 1. The number of carbonyl (C=O) groups is 1. The summed E-state index contributed by atoms with van der Waals surface area (Å²) in [6.45, 7) is 0. The molecule has 3 N–H and O–H groups in total. The summed E-state index contributed by atoms with van der Waals surface area (Å²) in [5.41, 5.74) is 1.93. The molecule has 2 heterocycles. The molecule has 0 unspecified atom stereocenters. The lowest BCUT2D eigenvalue weighted by molar-refractivity contribution is -0.129. The third-order valence-corrected chi connectivity index (χ3v) is 5.69. The lowest BCUT2D eigenvalue weighted by Gasteiger charge is -2.06. The van der Waals surface area contributed by atoms with E-state index < -0.39 is 5.97 Å².